The fourth-order valence-corrected chi connectivity index (χ4v) is 3.43. The summed E-state index contributed by atoms with van der Waals surface area (Å²) in [4.78, 5) is 6.82. The first kappa shape index (κ1) is 16.0. The van der Waals surface area contributed by atoms with Crippen molar-refractivity contribution in [1.29, 1.82) is 0 Å². The van der Waals surface area contributed by atoms with Crippen LogP contribution in [0.5, 0.6) is 0 Å². The average Bonchev–Trinajstić information content (AvgIpc) is 3.13. The Morgan fingerprint density at radius 2 is 2.17 bits per heavy atom. The van der Waals surface area contributed by atoms with Gasteiger partial charge in [-0.1, -0.05) is 19.6 Å². The van der Waals surface area contributed by atoms with Crippen LogP contribution in [0.1, 0.15) is 11.1 Å². The van der Waals surface area contributed by atoms with Gasteiger partial charge >= 0.3 is 0 Å². The Hall–Kier alpha value is -1.86. The maximum absolute atomic E-state index is 5.91. The first-order chi connectivity index (χ1) is 11.0. The van der Waals surface area contributed by atoms with Gasteiger partial charge in [0.1, 0.15) is 19.2 Å². The Balaban J connectivity index is 1.74. The second-order valence-electron chi connectivity index (χ2n) is 7.20. The number of nitrogens with one attached hydrogen (secondary N) is 1. The Labute approximate surface area is 138 Å². The minimum Gasteiger partial charge on any atom is -0.361 e. The zero-order valence-electron chi connectivity index (χ0n) is 14.3. The van der Waals surface area contributed by atoms with Gasteiger partial charge in [-0.15, -0.1) is 0 Å². The molecule has 0 bridgehead atoms. The molecule has 0 amide bonds. The second kappa shape index (κ2) is 6.33. The lowest BCUT2D eigenvalue weighted by atomic mass is 10.1. The summed E-state index contributed by atoms with van der Waals surface area (Å²) < 4.78 is 8.07. The quantitative estimate of drug-likeness (QED) is 0.654. The second-order valence-corrected chi connectivity index (χ2v) is 12.8. The van der Waals surface area contributed by atoms with E-state index in [1.54, 1.807) is 0 Å². The number of H-pyrrole nitrogens is 1. The van der Waals surface area contributed by atoms with E-state index in [4.69, 9.17) is 4.74 Å². The molecule has 0 spiro atoms. The van der Waals surface area contributed by atoms with E-state index < -0.39 is 8.07 Å². The van der Waals surface area contributed by atoms with E-state index in [9.17, 15) is 0 Å². The Bertz CT molecular complexity index is 684. The first-order valence-electron chi connectivity index (χ1n) is 7.98. The van der Waals surface area contributed by atoms with Gasteiger partial charge in [0, 0.05) is 45.2 Å². The molecular formula is C16H25N5OSi. The van der Waals surface area contributed by atoms with Gasteiger partial charge < -0.3 is 14.2 Å². The van der Waals surface area contributed by atoms with E-state index in [-0.39, 0.29) is 0 Å². The lowest BCUT2D eigenvalue weighted by Gasteiger charge is -2.26. The standard InChI is InChI=1S/C16H25N5OSi/c1-20-11-17-15(13-9-18-19-10-13)14-5-6-21(16(14)20)12-22-7-8-23(2,3)4/h5-6,9-10H,7-8,11-12H2,1-4H3,(H,18,19). The largest absolute Gasteiger partial charge is 0.361 e. The van der Waals surface area contributed by atoms with E-state index >= 15 is 0 Å². The van der Waals surface area contributed by atoms with E-state index in [0.717, 1.165) is 29.3 Å². The lowest BCUT2D eigenvalue weighted by Crippen LogP contribution is -2.28. The molecule has 0 fully saturated rings. The molecule has 0 aliphatic carbocycles. The van der Waals surface area contributed by atoms with E-state index in [1.807, 2.05) is 12.4 Å². The zero-order valence-corrected chi connectivity index (χ0v) is 15.3. The monoisotopic (exact) mass is 331 g/mol. The van der Waals surface area contributed by atoms with Crippen LogP contribution in [0.25, 0.3) is 0 Å². The molecule has 124 valence electrons. The molecule has 2 aromatic heterocycles. The molecular weight excluding hydrogens is 306 g/mol. The number of ether oxygens (including phenoxy) is 1. The molecule has 1 aliphatic rings. The van der Waals surface area contributed by atoms with Gasteiger partial charge in [0.15, 0.2) is 0 Å². The van der Waals surface area contributed by atoms with Crippen LogP contribution in [0.4, 0.5) is 5.82 Å². The topological polar surface area (TPSA) is 58.4 Å². The van der Waals surface area contributed by atoms with Crippen LogP contribution in [0.3, 0.4) is 0 Å². The number of aliphatic imine (C=N–C) groups is 1. The molecule has 23 heavy (non-hydrogen) atoms. The summed E-state index contributed by atoms with van der Waals surface area (Å²) in [6.45, 7) is 9.17. The fraction of sp³-hybridized carbons (Fsp3) is 0.500. The minimum atomic E-state index is -1.04. The first-order valence-corrected chi connectivity index (χ1v) is 11.7. The molecule has 0 radical (unpaired) electrons. The van der Waals surface area contributed by atoms with Crippen LogP contribution in [0.15, 0.2) is 29.6 Å². The summed E-state index contributed by atoms with van der Waals surface area (Å²) in [6, 6.07) is 3.30. The number of nitrogens with zero attached hydrogens (tertiary/aromatic N) is 4. The number of anilines is 1. The van der Waals surface area contributed by atoms with Gasteiger partial charge in [0.05, 0.1) is 11.9 Å². The fourth-order valence-electron chi connectivity index (χ4n) is 2.68. The minimum absolute atomic E-state index is 0.586. The van der Waals surface area contributed by atoms with Crippen molar-refractivity contribution in [2.24, 2.45) is 4.99 Å². The van der Waals surface area contributed by atoms with Gasteiger partial charge in [-0.3, -0.25) is 10.1 Å². The van der Waals surface area contributed by atoms with Crippen molar-refractivity contribution in [2.45, 2.75) is 32.4 Å². The molecule has 0 saturated carbocycles. The maximum Gasteiger partial charge on any atom is 0.124 e. The molecule has 1 aliphatic heterocycles. The summed E-state index contributed by atoms with van der Waals surface area (Å²) in [5.41, 5.74) is 3.15. The molecule has 1 N–H and O–H groups in total. The Morgan fingerprint density at radius 3 is 2.87 bits per heavy atom. The Kier molecular flexibility index (Phi) is 4.41. The van der Waals surface area contributed by atoms with Crippen molar-refractivity contribution in [3.63, 3.8) is 0 Å². The molecule has 6 nitrogen and oxygen atoms in total. The van der Waals surface area contributed by atoms with E-state index in [1.165, 1.54) is 6.04 Å². The van der Waals surface area contributed by atoms with Crippen molar-refractivity contribution in [3.05, 3.63) is 35.8 Å². The predicted octanol–water partition coefficient (Wildman–Crippen LogP) is 2.77. The van der Waals surface area contributed by atoms with Gasteiger partial charge in [0.2, 0.25) is 0 Å². The highest BCUT2D eigenvalue weighted by Crippen LogP contribution is 2.28. The number of hydrogen-bond acceptors (Lipinski definition) is 4. The number of aromatic amines is 1. The van der Waals surface area contributed by atoms with Crippen molar-refractivity contribution in [1.82, 2.24) is 14.8 Å². The van der Waals surface area contributed by atoms with Crippen LogP contribution in [0.2, 0.25) is 25.7 Å². The molecule has 2 aromatic rings. The molecule has 0 saturated heterocycles. The predicted molar refractivity (Wildman–Crippen MR) is 96.0 cm³/mol. The van der Waals surface area contributed by atoms with Gasteiger partial charge in [-0.25, -0.2) is 0 Å². The highest BCUT2D eigenvalue weighted by atomic mass is 28.3. The third-order valence-electron chi connectivity index (χ3n) is 3.99. The van der Waals surface area contributed by atoms with E-state index in [0.29, 0.717) is 13.4 Å². The Morgan fingerprint density at radius 1 is 1.35 bits per heavy atom. The van der Waals surface area contributed by atoms with Crippen LogP contribution in [0, 0.1) is 0 Å². The lowest BCUT2D eigenvalue weighted by molar-refractivity contribution is 0.0882. The zero-order chi connectivity index (χ0) is 16.4. The van der Waals surface area contributed by atoms with Crippen LogP contribution >= 0.6 is 0 Å². The normalized spacial score (nSPS) is 14.8. The van der Waals surface area contributed by atoms with Crippen molar-refractivity contribution >= 4 is 19.6 Å². The third-order valence-corrected chi connectivity index (χ3v) is 5.69. The summed E-state index contributed by atoms with van der Waals surface area (Å²) in [5.74, 6) is 1.16. The van der Waals surface area contributed by atoms with Gasteiger partial charge in [-0.05, 0) is 12.1 Å². The number of rotatable bonds is 6. The SMILES string of the molecule is CN1CN=C(c2cn[nH]c2)c2ccn(COCC[Si](C)(C)C)c21. The molecule has 0 atom stereocenters. The highest BCUT2D eigenvalue weighted by molar-refractivity contribution is 6.76. The summed E-state index contributed by atoms with van der Waals surface area (Å²) in [5, 5.41) is 6.89. The van der Waals surface area contributed by atoms with Gasteiger partial charge in [0.25, 0.3) is 0 Å². The molecule has 7 heteroatoms. The van der Waals surface area contributed by atoms with Crippen molar-refractivity contribution in [2.75, 3.05) is 25.2 Å². The molecule has 0 unspecified atom stereocenters. The van der Waals surface area contributed by atoms with Crippen LogP contribution < -0.4 is 4.90 Å². The maximum atomic E-state index is 5.91. The summed E-state index contributed by atoms with van der Waals surface area (Å²) in [7, 11) is 1.02. The summed E-state index contributed by atoms with van der Waals surface area (Å²) >= 11 is 0. The smallest absolute Gasteiger partial charge is 0.124 e. The van der Waals surface area contributed by atoms with Crippen LogP contribution in [-0.4, -0.2) is 48.9 Å². The summed E-state index contributed by atoms with van der Waals surface area (Å²) in [6.07, 6.45) is 5.78. The number of hydrogen-bond donors (Lipinski definition) is 1. The van der Waals surface area contributed by atoms with E-state index in [2.05, 4.69) is 63.6 Å². The number of aromatic nitrogens is 3. The van der Waals surface area contributed by atoms with Crippen molar-refractivity contribution in [3.8, 4) is 0 Å². The molecule has 3 rings (SSSR count). The number of fused-ring (bicyclic) bond motifs is 1. The third kappa shape index (κ3) is 3.56. The van der Waals surface area contributed by atoms with Crippen molar-refractivity contribution < 1.29 is 4.74 Å². The van der Waals surface area contributed by atoms with Crippen LogP contribution in [-0.2, 0) is 11.5 Å². The molecule has 0 aromatic carbocycles. The van der Waals surface area contributed by atoms with Gasteiger partial charge in [-0.2, -0.15) is 5.10 Å². The molecule has 3 heterocycles. The average molecular weight is 331 g/mol. The highest BCUT2D eigenvalue weighted by Gasteiger charge is 2.23.